The van der Waals surface area contributed by atoms with Crippen molar-refractivity contribution in [1.29, 1.82) is 0 Å². The Morgan fingerprint density at radius 1 is 1.24 bits per heavy atom. The van der Waals surface area contributed by atoms with E-state index >= 15 is 0 Å². The molecule has 1 aromatic rings. The standard InChI is InChI=1S/C19H29NO4S/c1-8-13(3)17(11-16(6)19(21)24-7)20-25(22,23)18-14(4)9-12(2)10-15(18)5/h9-11,13,17,20H,8H2,1-7H3/b16-11+/t13-,17+/m0/s1. The van der Waals surface area contributed by atoms with Gasteiger partial charge in [-0.3, -0.25) is 0 Å². The first-order chi connectivity index (χ1) is 11.5. The van der Waals surface area contributed by atoms with Crippen LogP contribution in [0.25, 0.3) is 0 Å². The molecule has 1 N–H and O–H groups in total. The molecular weight excluding hydrogens is 338 g/mol. The van der Waals surface area contributed by atoms with E-state index in [9.17, 15) is 13.2 Å². The normalized spacial score (nSPS) is 14.9. The predicted octanol–water partition coefficient (Wildman–Crippen LogP) is 3.42. The molecule has 0 saturated carbocycles. The number of carbonyl (C=O) groups is 1. The van der Waals surface area contributed by atoms with E-state index in [4.69, 9.17) is 4.74 Å². The second-order valence-electron chi connectivity index (χ2n) is 6.60. The van der Waals surface area contributed by atoms with Crippen molar-refractivity contribution >= 4 is 16.0 Å². The molecule has 0 heterocycles. The van der Waals surface area contributed by atoms with Gasteiger partial charge in [-0.1, -0.05) is 44.0 Å². The van der Waals surface area contributed by atoms with Gasteiger partial charge in [0.05, 0.1) is 12.0 Å². The molecule has 0 unspecified atom stereocenters. The molecule has 2 atom stereocenters. The maximum Gasteiger partial charge on any atom is 0.333 e. The molecule has 5 nitrogen and oxygen atoms in total. The molecule has 0 fully saturated rings. The number of esters is 1. The number of nitrogens with one attached hydrogen (secondary N) is 1. The lowest BCUT2D eigenvalue weighted by molar-refractivity contribution is -0.136. The minimum absolute atomic E-state index is 0.0282. The molecule has 140 valence electrons. The zero-order valence-electron chi connectivity index (χ0n) is 16.1. The number of methoxy groups -OCH3 is 1. The van der Waals surface area contributed by atoms with Crippen LogP contribution in [0.1, 0.15) is 43.9 Å². The molecule has 0 bridgehead atoms. The molecule has 0 aromatic heterocycles. The lowest BCUT2D eigenvalue weighted by Gasteiger charge is -2.23. The Bertz CT molecular complexity index is 743. The smallest absolute Gasteiger partial charge is 0.333 e. The molecular formula is C19H29NO4S. The molecule has 0 radical (unpaired) electrons. The maximum atomic E-state index is 13.0. The summed E-state index contributed by atoms with van der Waals surface area (Å²) in [5.74, 6) is -0.435. The largest absolute Gasteiger partial charge is 0.466 e. The summed E-state index contributed by atoms with van der Waals surface area (Å²) in [5, 5.41) is 0. The Kier molecular flexibility index (Phi) is 7.38. The molecule has 1 rings (SSSR count). The van der Waals surface area contributed by atoms with Crippen LogP contribution in [-0.2, 0) is 19.6 Å². The van der Waals surface area contributed by atoms with Gasteiger partial charge in [-0.15, -0.1) is 0 Å². The molecule has 1 aromatic carbocycles. The lowest BCUT2D eigenvalue weighted by Crippen LogP contribution is -2.39. The van der Waals surface area contributed by atoms with E-state index in [2.05, 4.69) is 4.72 Å². The predicted molar refractivity (Wildman–Crippen MR) is 100.0 cm³/mol. The van der Waals surface area contributed by atoms with Crippen molar-refractivity contribution in [2.45, 2.75) is 58.9 Å². The van der Waals surface area contributed by atoms with Crippen molar-refractivity contribution in [3.63, 3.8) is 0 Å². The SMILES string of the molecule is CC[C@H](C)[C@@H](/C=C(\C)C(=O)OC)NS(=O)(=O)c1c(C)cc(C)cc1C. The van der Waals surface area contributed by atoms with Crippen LogP contribution in [0.4, 0.5) is 0 Å². The fourth-order valence-electron chi connectivity index (χ4n) is 2.90. The van der Waals surface area contributed by atoms with Gasteiger partial charge < -0.3 is 4.74 Å². The Hall–Kier alpha value is -1.66. The van der Waals surface area contributed by atoms with Gasteiger partial charge in [-0.25, -0.2) is 17.9 Å². The first-order valence-electron chi connectivity index (χ1n) is 8.40. The maximum absolute atomic E-state index is 13.0. The molecule has 0 aliphatic heterocycles. The van der Waals surface area contributed by atoms with Gasteiger partial charge in [0.15, 0.2) is 0 Å². The third-order valence-corrected chi connectivity index (χ3v) is 6.12. The summed E-state index contributed by atoms with van der Waals surface area (Å²) < 4.78 is 33.4. The van der Waals surface area contributed by atoms with Crippen molar-refractivity contribution in [1.82, 2.24) is 4.72 Å². The zero-order chi connectivity index (χ0) is 19.4. The zero-order valence-corrected chi connectivity index (χ0v) is 17.0. The van der Waals surface area contributed by atoms with Crippen LogP contribution in [0, 0.1) is 26.7 Å². The Morgan fingerprint density at radius 3 is 2.20 bits per heavy atom. The van der Waals surface area contributed by atoms with Crippen LogP contribution < -0.4 is 4.72 Å². The minimum Gasteiger partial charge on any atom is -0.466 e. The van der Waals surface area contributed by atoms with Gasteiger partial charge in [0.25, 0.3) is 0 Å². The fraction of sp³-hybridized carbons (Fsp3) is 0.526. The van der Waals surface area contributed by atoms with Crippen molar-refractivity contribution < 1.29 is 17.9 Å². The molecule has 0 saturated heterocycles. The van der Waals surface area contributed by atoms with Crippen molar-refractivity contribution in [3.8, 4) is 0 Å². The van der Waals surface area contributed by atoms with Crippen molar-refractivity contribution in [2.24, 2.45) is 5.92 Å². The van der Waals surface area contributed by atoms with E-state index < -0.39 is 22.0 Å². The Balaban J connectivity index is 3.30. The van der Waals surface area contributed by atoms with Crippen LogP contribution >= 0.6 is 0 Å². The first kappa shape index (κ1) is 21.4. The summed E-state index contributed by atoms with van der Waals surface area (Å²) in [6, 6.07) is 3.22. The third-order valence-electron chi connectivity index (χ3n) is 4.36. The van der Waals surface area contributed by atoms with E-state index in [0.29, 0.717) is 21.6 Å². The average Bonchev–Trinajstić information content (AvgIpc) is 2.50. The molecule has 25 heavy (non-hydrogen) atoms. The topological polar surface area (TPSA) is 72.5 Å². The highest BCUT2D eigenvalue weighted by Gasteiger charge is 2.26. The lowest BCUT2D eigenvalue weighted by atomic mass is 9.98. The van der Waals surface area contributed by atoms with E-state index in [1.165, 1.54) is 7.11 Å². The third kappa shape index (κ3) is 5.41. The van der Waals surface area contributed by atoms with Gasteiger partial charge in [0.2, 0.25) is 10.0 Å². The van der Waals surface area contributed by atoms with E-state index in [-0.39, 0.29) is 5.92 Å². The number of hydrogen-bond acceptors (Lipinski definition) is 4. The Labute approximate surface area is 151 Å². The van der Waals surface area contributed by atoms with Crippen LogP contribution in [0.5, 0.6) is 0 Å². The Morgan fingerprint density at radius 2 is 1.76 bits per heavy atom. The molecule has 0 amide bonds. The highest BCUT2D eigenvalue weighted by Crippen LogP contribution is 2.23. The van der Waals surface area contributed by atoms with Crippen LogP contribution in [0.2, 0.25) is 0 Å². The molecule has 0 aliphatic rings. The molecule has 6 heteroatoms. The number of benzene rings is 1. The summed E-state index contributed by atoms with van der Waals surface area (Å²) in [6.45, 7) is 11.1. The summed E-state index contributed by atoms with van der Waals surface area (Å²) in [5.41, 5.74) is 2.82. The number of rotatable bonds is 7. The highest BCUT2D eigenvalue weighted by atomic mass is 32.2. The average molecular weight is 368 g/mol. The minimum atomic E-state index is -3.72. The quantitative estimate of drug-likeness (QED) is 0.592. The first-order valence-corrected chi connectivity index (χ1v) is 9.88. The van der Waals surface area contributed by atoms with Crippen LogP contribution in [-0.4, -0.2) is 27.5 Å². The number of ether oxygens (including phenoxy) is 1. The fourth-order valence-corrected chi connectivity index (χ4v) is 4.64. The summed E-state index contributed by atoms with van der Waals surface area (Å²) in [4.78, 5) is 12.0. The van der Waals surface area contributed by atoms with Gasteiger partial charge >= 0.3 is 5.97 Å². The van der Waals surface area contributed by atoms with E-state index in [1.807, 2.05) is 32.9 Å². The van der Waals surface area contributed by atoms with Gasteiger partial charge in [-0.2, -0.15) is 0 Å². The molecule has 0 spiro atoms. The monoisotopic (exact) mass is 367 g/mol. The summed E-state index contributed by atoms with van der Waals surface area (Å²) in [6.07, 6.45) is 2.40. The number of sulfonamides is 1. The second-order valence-corrected chi connectivity index (χ2v) is 8.25. The van der Waals surface area contributed by atoms with Gasteiger partial charge in [0, 0.05) is 11.6 Å². The van der Waals surface area contributed by atoms with Crippen LogP contribution in [0.15, 0.2) is 28.7 Å². The highest BCUT2D eigenvalue weighted by molar-refractivity contribution is 7.89. The van der Waals surface area contributed by atoms with Crippen molar-refractivity contribution in [2.75, 3.05) is 7.11 Å². The van der Waals surface area contributed by atoms with Crippen LogP contribution in [0.3, 0.4) is 0 Å². The van der Waals surface area contributed by atoms with E-state index in [1.54, 1.807) is 26.8 Å². The van der Waals surface area contributed by atoms with Gasteiger partial charge in [-0.05, 0) is 44.7 Å². The van der Waals surface area contributed by atoms with E-state index in [0.717, 1.165) is 12.0 Å². The number of carbonyl (C=O) groups excluding carboxylic acids is 1. The number of hydrogen-bond donors (Lipinski definition) is 1. The summed E-state index contributed by atoms with van der Waals surface area (Å²) >= 11 is 0. The summed E-state index contributed by atoms with van der Waals surface area (Å²) in [7, 11) is -2.41. The second kappa shape index (κ2) is 8.63. The number of aryl methyl sites for hydroxylation is 3. The molecule has 0 aliphatic carbocycles. The van der Waals surface area contributed by atoms with Crippen molar-refractivity contribution in [3.05, 3.63) is 40.5 Å². The van der Waals surface area contributed by atoms with Gasteiger partial charge in [0.1, 0.15) is 0 Å².